The maximum absolute atomic E-state index is 13.0. The number of rotatable bonds is 7. The standard InChI is InChI=1S/C21H23N3O5S/c1-14(25)22-16-7-9-17(10-8-16)23-20(26)19(11-12-30(2,28)29)24-13-15-5-3-4-6-18(15)21(24)27/h3-10,19H,11-13H2,1-2H3,(H,22,25)(H,23,26). The highest BCUT2D eigenvalue weighted by atomic mass is 32.2. The molecule has 3 rings (SSSR count). The van der Waals surface area contributed by atoms with E-state index in [2.05, 4.69) is 10.6 Å². The van der Waals surface area contributed by atoms with E-state index in [0.29, 0.717) is 16.9 Å². The number of carbonyl (C=O) groups is 3. The fraction of sp³-hybridized carbons (Fsp3) is 0.286. The minimum Gasteiger partial charge on any atom is -0.326 e. The lowest BCUT2D eigenvalue weighted by atomic mass is 10.1. The monoisotopic (exact) mass is 429 g/mol. The van der Waals surface area contributed by atoms with E-state index >= 15 is 0 Å². The lowest BCUT2D eigenvalue weighted by molar-refractivity contribution is -0.120. The highest BCUT2D eigenvalue weighted by Gasteiger charge is 2.36. The number of benzene rings is 2. The summed E-state index contributed by atoms with van der Waals surface area (Å²) in [5.41, 5.74) is 2.38. The molecule has 0 aliphatic carbocycles. The predicted molar refractivity (Wildman–Crippen MR) is 114 cm³/mol. The Kier molecular flexibility index (Phi) is 6.21. The molecule has 0 saturated heterocycles. The van der Waals surface area contributed by atoms with Crippen LogP contribution in [-0.2, 0) is 26.0 Å². The van der Waals surface area contributed by atoms with Gasteiger partial charge in [0, 0.05) is 36.7 Å². The maximum atomic E-state index is 13.0. The van der Waals surface area contributed by atoms with Crippen molar-refractivity contribution >= 4 is 38.9 Å². The summed E-state index contributed by atoms with van der Waals surface area (Å²) in [6, 6.07) is 12.7. The van der Waals surface area contributed by atoms with E-state index in [-0.39, 0.29) is 30.5 Å². The van der Waals surface area contributed by atoms with Gasteiger partial charge in [0.05, 0.1) is 5.75 Å². The largest absolute Gasteiger partial charge is 0.326 e. The van der Waals surface area contributed by atoms with E-state index in [1.54, 1.807) is 36.4 Å². The van der Waals surface area contributed by atoms with Gasteiger partial charge in [-0.1, -0.05) is 18.2 Å². The lowest BCUT2D eigenvalue weighted by Crippen LogP contribution is -2.45. The van der Waals surface area contributed by atoms with Crippen molar-refractivity contribution < 1.29 is 22.8 Å². The van der Waals surface area contributed by atoms with Gasteiger partial charge in [-0.3, -0.25) is 14.4 Å². The van der Waals surface area contributed by atoms with Gasteiger partial charge < -0.3 is 15.5 Å². The third-order valence-corrected chi connectivity index (χ3v) is 5.74. The summed E-state index contributed by atoms with van der Waals surface area (Å²) in [7, 11) is -3.32. The van der Waals surface area contributed by atoms with Crippen LogP contribution in [0.1, 0.15) is 29.3 Å². The Morgan fingerprint density at radius 3 is 2.20 bits per heavy atom. The molecule has 1 aliphatic heterocycles. The van der Waals surface area contributed by atoms with Crippen molar-refractivity contribution in [2.24, 2.45) is 0 Å². The molecule has 9 heteroatoms. The van der Waals surface area contributed by atoms with Crippen molar-refractivity contribution in [3.05, 3.63) is 59.7 Å². The highest BCUT2D eigenvalue weighted by molar-refractivity contribution is 7.90. The molecule has 2 aromatic carbocycles. The third kappa shape index (κ3) is 5.24. The van der Waals surface area contributed by atoms with Gasteiger partial charge in [0.2, 0.25) is 11.8 Å². The molecule has 0 spiro atoms. The number of hydrogen-bond acceptors (Lipinski definition) is 5. The van der Waals surface area contributed by atoms with Crippen LogP contribution in [0.25, 0.3) is 0 Å². The summed E-state index contributed by atoms with van der Waals surface area (Å²) in [4.78, 5) is 38.4. The van der Waals surface area contributed by atoms with Gasteiger partial charge >= 0.3 is 0 Å². The van der Waals surface area contributed by atoms with Crippen LogP contribution >= 0.6 is 0 Å². The molecule has 0 aromatic heterocycles. The fourth-order valence-corrected chi connectivity index (χ4v) is 4.00. The van der Waals surface area contributed by atoms with Crippen LogP contribution in [0.5, 0.6) is 0 Å². The van der Waals surface area contributed by atoms with Gasteiger partial charge in [-0.25, -0.2) is 8.42 Å². The molecule has 2 aromatic rings. The van der Waals surface area contributed by atoms with Gasteiger partial charge in [-0.2, -0.15) is 0 Å². The molecular formula is C21H23N3O5S. The molecule has 2 N–H and O–H groups in total. The second-order valence-corrected chi connectivity index (χ2v) is 9.53. The first-order valence-corrected chi connectivity index (χ1v) is 11.5. The van der Waals surface area contributed by atoms with E-state index in [1.807, 2.05) is 12.1 Å². The zero-order chi connectivity index (χ0) is 21.9. The molecule has 1 heterocycles. The molecule has 1 aliphatic rings. The molecule has 158 valence electrons. The Balaban J connectivity index is 1.79. The number of anilines is 2. The second kappa shape index (κ2) is 8.66. The summed E-state index contributed by atoms with van der Waals surface area (Å²) < 4.78 is 23.4. The van der Waals surface area contributed by atoms with Crippen LogP contribution in [0.3, 0.4) is 0 Å². The van der Waals surface area contributed by atoms with E-state index < -0.39 is 21.8 Å². The van der Waals surface area contributed by atoms with E-state index in [4.69, 9.17) is 0 Å². The summed E-state index contributed by atoms with van der Waals surface area (Å²) >= 11 is 0. The SMILES string of the molecule is CC(=O)Nc1ccc(NC(=O)C(CCS(C)(=O)=O)N2Cc3ccccc3C2=O)cc1. The molecule has 8 nitrogen and oxygen atoms in total. The quantitative estimate of drug-likeness (QED) is 0.699. The van der Waals surface area contributed by atoms with Crippen LogP contribution < -0.4 is 10.6 Å². The fourth-order valence-electron chi connectivity index (χ4n) is 3.35. The minimum atomic E-state index is -3.32. The Hall–Kier alpha value is -3.20. The second-order valence-electron chi connectivity index (χ2n) is 7.27. The molecule has 0 radical (unpaired) electrons. The Morgan fingerprint density at radius 1 is 1.03 bits per heavy atom. The average Bonchev–Trinajstić information content (AvgIpc) is 2.99. The van der Waals surface area contributed by atoms with Crippen LogP contribution in [0.2, 0.25) is 0 Å². The first kappa shape index (κ1) is 21.5. The summed E-state index contributed by atoms with van der Waals surface area (Å²) in [6.45, 7) is 1.64. The Labute approximate surface area is 175 Å². The van der Waals surface area contributed by atoms with Crippen molar-refractivity contribution in [1.82, 2.24) is 4.90 Å². The number of nitrogens with zero attached hydrogens (tertiary/aromatic N) is 1. The molecule has 0 fully saturated rings. The molecule has 1 unspecified atom stereocenters. The lowest BCUT2D eigenvalue weighted by Gasteiger charge is -2.26. The number of carbonyl (C=O) groups excluding carboxylic acids is 3. The molecular weight excluding hydrogens is 406 g/mol. The summed E-state index contributed by atoms with van der Waals surface area (Å²) in [5.74, 6) is -1.18. The highest BCUT2D eigenvalue weighted by Crippen LogP contribution is 2.26. The van der Waals surface area contributed by atoms with Gasteiger partial charge in [0.25, 0.3) is 5.91 Å². The Bertz CT molecular complexity index is 1080. The minimum absolute atomic E-state index is 0.00558. The van der Waals surface area contributed by atoms with E-state index in [9.17, 15) is 22.8 Å². The van der Waals surface area contributed by atoms with E-state index in [0.717, 1.165) is 11.8 Å². The van der Waals surface area contributed by atoms with Gasteiger partial charge in [-0.05, 0) is 42.3 Å². The normalized spacial score (nSPS) is 14.2. The van der Waals surface area contributed by atoms with Crippen molar-refractivity contribution in [2.75, 3.05) is 22.6 Å². The Morgan fingerprint density at radius 2 is 1.63 bits per heavy atom. The summed E-state index contributed by atoms with van der Waals surface area (Å²) in [6.07, 6.45) is 1.09. The van der Waals surface area contributed by atoms with Crippen molar-refractivity contribution in [3.63, 3.8) is 0 Å². The number of nitrogens with one attached hydrogen (secondary N) is 2. The predicted octanol–water partition coefficient (Wildman–Crippen LogP) is 2.04. The summed E-state index contributed by atoms with van der Waals surface area (Å²) in [5, 5.41) is 5.38. The maximum Gasteiger partial charge on any atom is 0.255 e. The molecule has 1 atom stereocenters. The first-order chi connectivity index (χ1) is 14.1. The molecule has 0 saturated carbocycles. The van der Waals surface area contributed by atoms with Gasteiger partial charge in [0.15, 0.2) is 0 Å². The average molecular weight is 429 g/mol. The molecule has 30 heavy (non-hydrogen) atoms. The third-order valence-electron chi connectivity index (χ3n) is 4.76. The number of sulfone groups is 1. The number of hydrogen-bond donors (Lipinski definition) is 2. The van der Waals surface area contributed by atoms with Crippen LogP contribution in [0, 0.1) is 0 Å². The smallest absolute Gasteiger partial charge is 0.255 e. The van der Waals surface area contributed by atoms with Crippen molar-refractivity contribution in [2.45, 2.75) is 25.9 Å². The number of amides is 3. The van der Waals surface area contributed by atoms with Crippen LogP contribution in [-0.4, -0.2) is 49.1 Å². The molecule has 0 bridgehead atoms. The number of fused-ring (bicyclic) bond motifs is 1. The van der Waals surface area contributed by atoms with Gasteiger partial charge in [0.1, 0.15) is 15.9 Å². The topological polar surface area (TPSA) is 113 Å². The van der Waals surface area contributed by atoms with Gasteiger partial charge in [-0.15, -0.1) is 0 Å². The first-order valence-electron chi connectivity index (χ1n) is 9.39. The van der Waals surface area contributed by atoms with Crippen LogP contribution in [0.15, 0.2) is 48.5 Å². The van der Waals surface area contributed by atoms with Crippen LogP contribution in [0.4, 0.5) is 11.4 Å². The molecule has 3 amide bonds. The zero-order valence-corrected chi connectivity index (χ0v) is 17.5. The van der Waals surface area contributed by atoms with E-state index in [1.165, 1.54) is 11.8 Å². The zero-order valence-electron chi connectivity index (χ0n) is 16.7. The van der Waals surface area contributed by atoms with Crippen molar-refractivity contribution in [3.8, 4) is 0 Å². The van der Waals surface area contributed by atoms with Crippen molar-refractivity contribution in [1.29, 1.82) is 0 Å².